The third-order valence-corrected chi connectivity index (χ3v) is 5.97. The number of hydrogen-bond acceptors (Lipinski definition) is 4. The van der Waals surface area contributed by atoms with Gasteiger partial charge in [-0.2, -0.15) is 5.10 Å². The Morgan fingerprint density at radius 3 is 2.52 bits per heavy atom. The van der Waals surface area contributed by atoms with Gasteiger partial charge in [0, 0.05) is 39.8 Å². The fourth-order valence-electron chi connectivity index (χ4n) is 4.45. The molecule has 0 saturated heterocycles. The van der Waals surface area contributed by atoms with E-state index < -0.39 is 0 Å². The third-order valence-electron chi connectivity index (χ3n) is 5.97. The Kier molecular flexibility index (Phi) is 7.61. The summed E-state index contributed by atoms with van der Waals surface area (Å²) < 4.78 is 5.56. The van der Waals surface area contributed by atoms with E-state index in [2.05, 4.69) is 72.3 Å². The topological polar surface area (TPSA) is 57.4 Å². The minimum atomic E-state index is -0.172. The molecule has 5 nitrogen and oxygen atoms in total. The number of para-hydroxylation sites is 1. The van der Waals surface area contributed by atoms with E-state index in [0.717, 1.165) is 12.2 Å². The Morgan fingerprint density at radius 2 is 1.76 bits per heavy atom. The van der Waals surface area contributed by atoms with Crippen molar-refractivity contribution in [3.05, 3.63) is 83.6 Å². The molecule has 1 aliphatic rings. The number of fused-ring (bicyclic) bond motifs is 3. The summed E-state index contributed by atoms with van der Waals surface area (Å²) in [5.41, 5.74) is 4.06. The van der Waals surface area contributed by atoms with Gasteiger partial charge < -0.3 is 14.7 Å². The van der Waals surface area contributed by atoms with Crippen LogP contribution in [0.4, 0.5) is 5.69 Å². The van der Waals surface area contributed by atoms with Crippen LogP contribution in [-0.2, 0) is 22.2 Å². The molecule has 33 heavy (non-hydrogen) atoms. The van der Waals surface area contributed by atoms with Gasteiger partial charge in [0.2, 0.25) is 5.90 Å². The largest absolute Gasteiger partial charge is 0.493 e. The SMILES string of the molecule is CCOc1ccccc1C(O)=N/N=C/C=C1\N(CC)c2c(ccc3ccccc23)C1(C)C.[Co]. The van der Waals surface area contributed by atoms with Gasteiger partial charge in [-0.25, -0.2) is 0 Å². The summed E-state index contributed by atoms with van der Waals surface area (Å²) in [5.74, 6) is 0.414. The van der Waals surface area contributed by atoms with Crippen LogP contribution >= 0.6 is 0 Å². The fourth-order valence-corrected chi connectivity index (χ4v) is 4.45. The van der Waals surface area contributed by atoms with Gasteiger partial charge in [-0.15, -0.1) is 5.10 Å². The second-order valence-electron chi connectivity index (χ2n) is 8.22. The number of rotatable bonds is 6. The summed E-state index contributed by atoms with van der Waals surface area (Å²) in [6.07, 6.45) is 3.64. The van der Waals surface area contributed by atoms with Gasteiger partial charge in [0.25, 0.3) is 0 Å². The predicted octanol–water partition coefficient (Wildman–Crippen LogP) is 6.23. The maximum atomic E-state index is 10.4. The number of hydrogen-bond donors (Lipinski definition) is 1. The fraction of sp³-hybridized carbons (Fsp3) is 0.259. The van der Waals surface area contributed by atoms with Crippen molar-refractivity contribution in [3.63, 3.8) is 0 Å². The first-order valence-electron chi connectivity index (χ1n) is 11.0. The molecule has 1 radical (unpaired) electrons. The summed E-state index contributed by atoms with van der Waals surface area (Å²) in [4.78, 5) is 2.34. The third kappa shape index (κ3) is 4.54. The number of benzene rings is 3. The maximum Gasteiger partial charge on any atom is 0.242 e. The quantitative estimate of drug-likeness (QED) is 0.255. The van der Waals surface area contributed by atoms with E-state index in [4.69, 9.17) is 4.74 Å². The second kappa shape index (κ2) is 10.2. The molecule has 1 N–H and O–H groups in total. The van der Waals surface area contributed by atoms with Crippen LogP contribution in [0.3, 0.4) is 0 Å². The Bertz CT molecular complexity index is 1230. The van der Waals surface area contributed by atoms with E-state index in [1.807, 2.05) is 25.1 Å². The number of anilines is 1. The molecule has 3 aromatic rings. The van der Waals surface area contributed by atoms with Gasteiger partial charge in [0.15, 0.2) is 0 Å². The molecular formula is C27H29CoN3O2. The standard InChI is InChI=1S/C27H29N3O2.Co/c1-5-30-24(17-18-28-29-26(31)21-13-9-10-14-23(21)32-6-2)27(3,4)22-16-15-19-11-7-8-12-20(19)25(22)30;/h7-18H,5-6H2,1-4H3,(H,29,31);/b24-17-,28-18+;. The number of likely N-dealkylation sites (N-methyl/N-ethyl adjacent to an activating group) is 1. The number of nitrogens with zero attached hydrogens (tertiary/aromatic N) is 3. The van der Waals surface area contributed by atoms with Crippen LogP contribution < -0.4 is 9.64 Å². The molecule has 0 fully saturated rings. The van der Waals surface area contributed by atoms with Crippen molar-refractivity contribution in [1.82, 2.24) is 0 Å². The van der Waals surface area contributed by atoms with E-state index in [-0.39, 0.29) is 28.1 Å². The van der Waals surface area contributed by atoms with Crippen LogP contribution in [0.15, 0.2) is 82.6 Å². The van der Waals surface area contributed by atoms with Crippen molar-refractivity contribution in [2.45, 2.75) is 33.1 Å². The Balaban J connectivity index is 0.00000306. The summed E-state index contributed by atoms with van der Waals surface area (Å²) in [5, 5.41) is 21.0. The first kappa shape index (κ1) is 24.5. The molecule has 0 aromatic heterocycles. The van der Waals surface area contributed by atoms with Crippen molar-refractivity contribution in [2.24, 2.45) is 10.2 Å². The average Bonchev–Trinajstić information content (AvgIpc) is 3.03. The molecule has 1 heterocycles. The second-order valence-corrected chi connectivity index (χ2v) is 8.22. The van der Waals surface area contributed by atoms with E-state index in [1.54, 1.807) is 18.3 Å². The molecular weight excluding hydrogens is 457 g/mol. The monoisotopic (exact) mass is 486 g/mol. The van der Waals surface area contributed by atoms with E-state index in [1.165, 1.54) is 22.0 Å². The molecule has 1 aliphatic heterocycles. The normalized spacial score (nSPS) is 16.3. The maximum absolute atomic E-state index is 10.4. The zero-order valence-electron chi connectivity index (χ0n) is 19.4. The molecule has 0 unspecified atom stereocenters. The first-order valence-corrected chi connectivity index (χ1v) is 11.0. The zero-order valence-corrected chi connectivity index (χ0v) is 20.4. The van der Waals surface area contributed by atoms with Gasteiger partial charge in [-0.05, 0) is 43.0 Å². The molecule has 0 bridgehead atoms. The van der Waals surface area contributed by atoms with Gasteiger partial charge in [-0.1, -0.05) is 62.4 Å². The van der Waals surface area contributed by atoms with Crippen LogP contribution in [0.1, 0.15) is 38.8 Å². The Labute approximate surface area is 205 Å². The van der Waals surface area contributed by atoms with E-state index in [0.29, 0.717) is 17.9 Å². The molecule has 0 atom stereocenters. The zero-order chi connectivity index (χ0) is 22.7. The summed E-state index contributed by atoms with van der Waals surface area (Å²) in [6, 6.07) is 20.2. The number of ether oxygens (including phenoxy) is 1. The van der Waals surface area contributed by atoms with Crippen molar-refractivity contribution in [3.8, 4) is 5.75 Å². The van der Waals surface area contributed by atoms with Crippen LogP contribution in [0.5, 0.6) is 5.75 Å². The molecule has 0 spiro atoms. The van der Waals surface area contributed by atoms with Crippen LogP contribution in [-0.4, -0.2) is 30.4 Å². The van der Waals surface area contributed by atoms with Crippen LogP contribution in [0, 0.1) is 0 Å². The smallest absolute Gasteiger partial charge is 0.242 e. The van der Waals surface area contributed by atoms with Gasteiger partial charge in [0.05, 0.1) is 24.1 Å². The average molecular weight is 486 g/mol. The van der Waals surface area contributed by atoms with Crippen molar-refractivity contribution < 1.29 is 26.6 Å². The number of aliphatic hydroxyl groups excluding tert-OH is 1. The van der Waals surface area contributed by atoms with Crippen LogP contribution in [0.25, 0.3) is 10.8 Å². The molecule has 4 rings (SSSR count). The Morgan fingerprint density at radius 1 is 1.03 bits per heavy atom. The van der Waals surface area contributed by atoms with Crippen molar-refractivity contribution in [1.29, 1.82) is 0 Å². The summed E-state index contributed by atoms with van der Waals surface area (Å²) >= 11 is 0. The van der Waals surface area contributed by atoms with Crippen molar-refractivity contribution >= 4 is 28.6 Å². The minimum Gasteiger partial charge on any atom is -0.493 e. The predicted molar refractivity (Wildman–Crippen MR) is 133 cm³/mol. The van der Waals surface area contributed by atoms with Gasteiger partial charge >= 0.3 is 0 Å². The number of aliphatic hydroxyl groups is 1. The van der Waals surface area contributed by atoms with Gasteiger partial charge in [0.1, 0.15) is 5.75 Å². The van der Waals surface area contributed by atoms with E-state index in [9.17, 15) is 5.11 Å². The molecule has 0 aliphatic carbocycles. The van der Waals surface area contributed by atoms with Crippen molar-refractivity contribution in [2.75, 3.05) is 18.1 Å². The minimum absolute atomic E-state index is 0. The summed E-state index contributed by atoms with van der Waals surface area (Å²) in [6.45, 7) is 9.88. The number of allylic oxidation sites excluding steroid dienone is 2. The molecule has 0 amide bonds. The molecule has 173 valence electrons. The summed E-state index contributed by atoms with van der Waals surface area (Å²) in [7, 11) is 0. The van der Waals surface area contributed by atoms with E-state index >= 15 is 0 Å². The van der Waals surface area contributed by atoms with Gasteiger partial charge in [-0.3, -0.25) is 0 Å². The molecule has 0 saturated carbocycles. The Hall–Kier alpha value is -3.09. The first-order chi connectivity index (χ1) is 15.5. The molecule has 6 heteroatoms. The molecule has 3 aromatic carbocycles. The van der Waals surface area contributed by atoms with Crippen LogP contribution in [0.2, 0.25) is 0 Å².